The first-order valence-electron chi connectivity index (χ1n) is 13.7. The van der Waals surface area contributed by atoms with E-state index < -0.39 is 8.07 Å². The molecular weight excluding hydrogens is 478 g/mol. The number of phenolic OH excluding ortho intramolecular Hbond substituents is 1. The molecule has 0 unspecified atom stereocenters. The lowest BCUT2D eigenvalue weighted by Gasteiger charge is -2.35. The molecule has 0 aromatic heterocycles. The molecule has 5 aromatic carbocycles. The van der Waals surface area contributed by atoms with Crippen molar-refractivity contribution in [3.05, 3.63) is 127 Å². The highest BCUT2D eigenvalue weighted by atomic mass is 28.3. The van der Waals surface area contributed by atoms with Crippen molar-refractivity contribution in [1.29, 1.82) is 0 Å². The minimum absolute atomic E-state index is 0.338. The first-order valence-corrected chi connectivity index (χ1v) is 15.7. The molecule has 1 fully saturated rings. The monoisotopic (exact) mass is 511 g/mol. The van der Waals surface area contributed by atoms with Crippen LogP contribution in [0.5, 0.6) is 5.75 Å². The zero-order valence-electron chi connectivity index (χ0n) is 21.6. The van der Waals surface area contributed by atoms with Gasteiger partial charge in [0, 0.05) is 17.8 Å². The summed E-state index contributed by atoms with van der Waals surface area (Å²) >= 11 is 0. The van der Waals surface area contributed by atoms with Crippen LogP contribution in [0.25, 0.3) is 10.8 Å². The van der Waals surface area contributed by atoms with Crippen LogP contribution in [0.3, 0.4) is 0 Å². The average Bonchev–Trinajstić information content (AvgIpc) is 3.00. The van der Waals surface area contributed by atoms with Gasteiger partial charge in [-0.05, 0) is 44.4 Å². The van der Waals surface area contributed by atoms with Crippen molar-refractivity contribution >= 4 is 45.8 Å². The minimum atomic E-state index is -2.87. The van der Waals surface area contributed by atoms with Gasteiger partial charge in [0.15, 0.2) is 8.07 Å². The maximum Gasteiger partial charge on any atom is 0.184 e. The molecule has 1 saturated carbocycles. The number of fused-ring (bicyclic) bond motifs is 1. The molecule has 5 aromatic rings. The van der Waals surface area contributed by atoms with Crippen molar-refractivity contribution in [3.8, 4) is 5.75 Å². The lowest BCUT2D eigenvalue weighted by molar-refractivity contribution is 0.444. The molecule has 0 atom stereocenters. The molecule has 0 bridgehead atoms. The van der Waals surface area contributed by atoms with E-state index in [1.54, 1.807) is 0 Å². The number of aromatic hydroxyl groups is 1. The Labute approximate surface area is 226 Å². The SMILES string of the molecule is Oc1c([Si](c2ccccc2)(c2ccccc2)c2ccccc2)cc2ccccc2c1C=NC1CCCCC1. The molecule has 188 valence electrons. The number of phenols is 1. The van der Waals surface area contributed by atoms with Crippen LogP contribution >= 0.6 is 0 Å². The van der Waals surface area contributed by atoms with Gasteiger partial charge >= 0.3 is 0 Å². The summed E-state index contributed by atoms with van der Waals surface area (Å²) in [6.45, 7) is 0. The predicted octanol–water partition coefficient (Wildman–Crippen LogP) is 5.67. The van der Waals surface area contributed by atoms with E-state index in [0.717, 1.165) is 34.4 Å². The molecule has 1 aliphatic rings. The minimum Gasteiger partial charge on any atom is -0.507 e. The van der Waals surface area contributed by atoms with Crippen molar-refractivity contribution in [3.63, 3.8) is 0 Å². The molecule has 0 spiro atoms. The van der Waals surface area contributed by atoms with Crippen molar-refractivity contribution in [2.75, 3.05) is 0 Å². The lowest BCUT2D eigenvalue weighted by Crippen LogP contribution is -2.74. The van der Waals surface area contributed by atoms with Crippen LogP contribution < -0.4 is 20.7 Å². The quantitative estimate of drug-likeness (QED) is 0.178. The van der Waals surface area contributed by atoms with Gasteiger partial charge in [-0.1, -0.05) is 141 Å². The van der Waals surface area contributed by atoms with E-state index in [4.69, 9.17) is 4.99 Å². The summed E-state index contributed by atoms with van der Waals surface area (Å²) in [4.78, 5) is 5.04. The van der Waals surface area contributed by atoms with Crippen LogP contribution in [-0.2, 0) is 0 Å². The molecule has 38 heavy (non-hydrogen) atoms. The van der Waals surface area contributed by atoms with Crippen LogP contribution in [0.1, 0.15) is 37.7 Å². The number of nitrogens with zero attached hydrogens (tertiary/aromatic N) is 1. The molecule has 0 heterocycles. The van der Waals surface area contributed by atoms with E-state index in [9.17, 15) is 5.11 Å². The van der Waals surface area contributed by atoms with Crippen molar-refractivity contribution < 1.29 is 5.11 Å². The van der Waals surface area contributed by atoms with Crippen molar-refractivity contribution in [1.82, 2.24) is 0 Å². The largest absolute Gasteiger partial charge is 0.507 e. The Hall–Kier alpha value is -3.95. The van der Waals surface area contributed by atoms with Crippen molar-refractivity contribution in [2.45, 2.75) is 38.1 Å². The van der Waals surface area contributed by atoms with Gasteiger partial charge in [-0.15, -0.1) is 0 Å². The maximum absolute atomic E-state index is 12.3. The maximum atomic E-state index is 12.3. The summed E-state index contributed by atoms with van der Waals surface area (Å²) in [6, 6.07) is 43.3. The number of aliphatic imine (C=N–C) groups is 1. The number of benzene rings is 5. The topological polar surface area (TPSA) is 32.6 Å². The molecular formula is C35H33NOSi. The fraction of sp³-hybridized carbons (Fsp3) is 0.171. The molecule has 0 radical (unpaired) electrons. The fourth-order valence-electron chi connectivity index (χ4n) is 6.22. The Morgan fingerprint density at radius 2 is 1.13 bits per heavy atom. The summed E-state index contributed by atoms with van der Waals surface area (Å²) < 4.78 is 0. The molecule has 0 saturated heterocycles. The van der Waals surface area contributed by atoms with Gasteiger partial charge in [0.05, 0.1) is 0 Å². The smallest absolute Gasteiger partial charge is 0.184 e. The second-order valence-electron chi connectivity index (χ2n) is 10.3. The summed E-state index contributed by atoms with van der Waals surface area (Å²) in [6.07, 6.45) is 8.01. The van der Waals surface area contributed by atoms with E-state index in [1.807, 2.05) is 6.21 Å². The second-order valence-corrected chi connectivity index (χ2v) is 14.1. The molecule has 6 rings (SSSR count). The Bertz CT molecular complexity index is 1440. The van der Waals surface area contributed by atoms with Crippen molar-refractivity contribution in [2.24, 2.45) is 4.99 Å². The molecule has 0 amide bonds. The van der Waals surface area contributed by atoms with Crippen LogP contribution in [0.2, 0.25) is 0 Å². The first-order chi connectivity index (χ1) is 18.8. The van der Waals surface area contributed by atoms with Gasteiger partial charge in [0.2, 0.25) is 0 Å². The van der Waals surface area contributed by atoms with Crippen LogP contribution in [-0.4, -0.2) is 25.4 Å². The third kappa shape index (κ3) is 4.37. The molecule has 1 N–H and O–H groups in total. The van der Waals surface area contributed by atoms with Gasteiger partial charge in [0.1, 0.15) is 5.75 Å². The highest BCUT2D eigenvalue weighted by Gasteiger charge is 2.43. The number of hydrogen-bond donors (Lipinski definition) is 1. The highest BCUT2D eigenvalue weighted by molar-refractivity contribution is 7.20. The van der Waals surface area contributed by atoms with Crippen LogP contribution in [0.4, 0.5) is 0 Å². The highest BCUT2D eigenvalue weighted by Crippen LogP contribution is 2.28. The zero-order chi connectivity index (χ0) is 25.8. The fourth-order valence-corrected chi connectivity index (χ4v) is 11.1. The zero-order valence-corrected chi connectivity index (χ0v) is 22.6. The first kappa shape index (κ1) is 24.4. The predicted molar refractivity (Wildman–Crippen MR) is 164 cm³/mol. The summed E-state index contributed by atoms with van der Waals surface area (Å²) in [7, 11) is -2.87. The molecule has 3 heteroatoms. The Morgan fingerprint density at radius 1 is 0.632 bits per heavy atom. The van der Waals surface area contributed by atoms with E-state index >= 15 is 0 Å². The Kier molecular flexibility index (Phi) is 6.93. The standard InChI is InChI=1S/C35H33NOSi/c37-35-33(26-36-28-16-5-1-6-17-28)32-24-14-13-15-27(32)25-34(35)38(29-18-7-2-8-19-29,30-20-9-3-10-21-30)31-22-11-4-12-23-31/h2-4,7-15,18-26,28,37H,1,5-6,16-17H2. The number of rotatable bonds is 6. The van der Waals surface area contributed by atoms with E-state index in [-0.39, 0.29) is 0 Å². The third-order valence-corrected chi connectivity index (χ3v) is 12.9. The number of hydrogen-bond acceptors (Lipinski definition) is 2. The van der Waals surface area contributed by atoms with E-state index in [2.05, 4.69) is 121 Å². The lowest BCUT2D eigenvalue weighted by atomic mass is 9.96. The van der Waals surface area contributed by atoms with Gasteiger partial charge in [-0.2, -0.15) is 0 Å². The second kappa shape index (κ2) is 10.8. The molecule has 1 aliphatic carbocycles. The third-order valence-electron chi connectivity index (χ3n) is 8.07. The van der Waals surface area contributed by atoms with Gasteiger partial charge in [-0.3, -0.25) is 4.99 Å². The Morgan fingerprint density at radius 3 is 1.68 bits per heavy atom. The Balaban J connectivity index is 1.69. The van der Waals surface area contributed by atoms with E-state index in [0.29, 0.717) is 11.8 Å². The van der Waals surface area contributed by atoms with Crippen LogP contribution in [0.15, 0.2) is 126 Å². The normalized spacial score (nSPS) is 14.7. The summed E-state index contributed by atoms with van der Waals surface area (Å²) in [5.74, 6) is 0.353. The average molecular weight is 512 g/mol. The van der Waals surface area contributed by atoms with Gasteiger partial charge in [0.25, 0.3) is 0 Å². The summed E-state index contributed by atoms with van der Waals surface area (Å²) in [5, 5.41) is 19.2. The van der Waals surface area contributed by atoms with Gasteiger partial charge < -0.3 is 5.11 Å². The molecule has 2 nitrogen and oxygen atoms in total. The summed E-state index contributed by atoms with van der Waals surface area (Å²) in [5.41, 5.74) is 0.836. The van der Waals surface area contributed by atoms with Gasteiger partial charge in [-0.25, -0.2) is 0 Å². The molecule has 0 aliphatic heterocycles. The van der Waals surface area contributed by atoms with E-state index in [1.165, 1.54) is 34.8 Å². The van der Waals surface area contributed by atoms with Crippen LogP contribution in [0, 0.1) is 0 Å².